The van der Waals surface area contributed by atoms with Gasteiger partial charge in [0.2, 0.25) is 0 Å². The molecule has 0 aromatic carbocycles. The number of fused-ring (bicyclic) bond motifs is 20. The van der Waals surface area contributed by atoms with Crippen LogP contribution < -0.4 is 42.5 Å². The molecule has 0 radical (unpaired) electrons. The van der Waals surface area contributed by atoms with Gasteiger partial charge in [0.05, 0.1) is 49.3 Å². The molecular weight excluding hydrogens is 648 g/mol. The summed E-state index contributed by atoms with van der Waals surface area (Å²) < 4.78 is 0. The van der Waals surface area contributed by atoms with Crippen molar-refractivity contribution in [2.75, 3.05) is 0 Å². The van der Waals surface area contributed by atoms with Crippen molar-refractivity contribution in [2.24, 2.45) is 47.3 Å². The molecular formula is C32H59IMgN8. The van der Waals surface area contributed by atoms with Crippen molar-refractivity contribution in [2.45, 2.75) is 152 Å². The van der Waals surface area contributed by atoms with E-state index in [9.17, 15) is 0 Å². The molecule has 0 aromatic rings. The van der Waals surface area contributed by atoms with E-state index in [4.69, 9.17) is 0 Å². The first kappa shape index (κ1) is 31.8. The second-order valence-electron chi connectivity index (χ2n) is 15.6. The third-order valence-electron chi connectivity index (χ3n) is 13.8. The molecule has 0 amide bonds. The minimum atomic E-state index is 0. The van der Waals surface area contributed by atoms with Gasteiger partial charge in [0.25, 0.3) is 0 Å². The van der Waals surface area contributed by atoms with E-state index in [1.165, 1.54) is 103 Å². The Kier molecular flexibility index (Phi) is 10.1. The van der Waals surface area contributed by atoms with Crippen LogP contribution >= 0.6 is 24.0 Å². The Balaban J connectivity index is 0.000000960. The number of halogens is 1. The van der Waals surface area contributed by atoms with Gasteiger partial charge < -0.3 is 2.85 Å². The van der Waals surface area contributed by atoms with Crippen LogP contribution in [0.3, 0.4) is 0 Å². The summed E-state index contributed by atoms with van der Waals surface area (Å²) >= 11 is 0. The Bertz CT molecular complexity index is 735. The molecule has 8 N–H and O–H groups in total. The summed E-state index contributed by atoms with van der Waals surface area (Å²) in [5.41, 5.74) is 0. The number of rotatable bonds is 0. The Labute approximate surface area is 290 Å². The first-order chi connectivity index (χ1) is 19.8. The molecule has 0 aromatic heterocycles. The smallest absolute Gasteiger partial charge is 1.00 e. The van der Waals surface area contributed by atoms with E-state index in [0.29, 0.717) is 49.3 Å². The standard InChI is InChI=1S/C32H56N8.HI.Mg.2H/c1-2-10-18-17(9-1)25-33-26(18)38-28-21-13-5-6-14-22(21)30(35-28)40-32-24-16-8-7-15-23(24)31(36-32)39-29-20-12-4-3-11-19(20)27(34-29)37-25;;;;/h17-40H,1-16H2;1H;;;/q;;+2;2*-1. The average Bonchev–Trinajstić information content (AvgIpc) is 3.73. The summed E-state index contributed by atoms with van der Waals surface area (Å²) in [5, 5.41) is 33.8. The molecule has 9 rings (SSSR count). The topological polar surface area (TPSA) is 96.2 Å². The summed E-state index contributed by atoms with van der Waals surface area (Å²) in [7, 11) is 0. The fraction of sp³-hybridized carbons (Fsp3) is 1.00. The van der Waals surface area contributed by atoms with Gasteiger partial charge in [-0.1, -0.05) is 51.4 Å². The zero-order valence-electron chi connectivity index (χ0n) is 27.7. The van der Waals surface area contributed by atoms with E-state index in [-0.39, 0.29) is 49.9 Å². The van der Waals surface area contributed by atoms with Gasteiger partial charge in [0.1, 0.15) is 0 Å². The van der Waals surface area contributed by atoms with Crippen molar-refractivity contribution in [1.29, 1.82) is 0 Å². The first-order valence-electron chi connectivity index (χ1n) is 17.9. The summed E-state index contributed by atoms with van der Waals surface area (Å²) in [4.78, 5) is 0. The Morgan fingerprint density at radius 2 is 0.381 bits per heavy atom. The van der Waals surface area contributed by atoms with Crippen LogP contribution in [-0.2, 0) is 0 Å². The van der Waals surface area contributed by atoms with Crippen molar-refractivity contribution < 1.29 is 2.85 Å². The average molecular weight is 707 g/mol. The Morgan fingerprint density at radius 1 is 0.262 bits per heavy atom. The van der Waals surface area contributed by atoms with Gasteiger partial charge in [-0.2, -0.15) is 0 Å². The molecule has 0 spiro atoms. The van der Waals surface area contributed by atoms with E-state index in [1.54, 1.807) is 0 Å². The molecule has 5 aliphatic heterocycles. The molecule has 8 unspecified atom stereocenters. The van der Waals surface area contributed by atoms with Crippen LogP contribution in [0.1, 0.15) is 106 Å². The van der Waals surface area contributed by atoms with Crippen LogP contribution in [0.15, 0.2) is 0 Å². The van der Waals surface area contributed by atoms with E-state index in [0.717, 1.165) is 47.3 Å². The molecule has 4 aliphatic carbocycles. The van der Waals surface area contributed by atoms with E-state index in [2.05, 4.69) is 42.5 Å². The fourth-order valence-corrected chi connectivity index (χ4v) is 12.0. The number of nitrogens with one attached hydrogen (secondary N) is 8. The van der Waals surface area contributed by atoms with Gasteiger partial charge >= 0.3 is 23.1 Å². The first-order valence-corrected chi connectivity index (χ1v) is 17.9. The maximum Gasteiger partial charge on any atom is 2.00 e. The SMILES string of the molecule is C1CCC2C3NC(NC4NC(NC5NC(NC6NC(N3)C3CCCCC63)C3CCCCC53)C3CCCCC43)C2C1.I.[H-].[H-].[Mg+2]. The van der Waals surface area contributed by atoms with Gasteiger partial charge in [0, 0.05) is 0 Å². The minimum absolute atomic E-state index is 0. The Hall–Kier alpha value is 1.18. The molecule has 5 saturated heterocycles. The molecule has 42 heavy (non-hydrogen) atoms. The van der Waals surface area contributed by atoms with Gasteiger partial charge in [-0.3, -0.25) is 42.5 Å². The van der Waals surface area contributed by atoms with Gasteiger partial charge in [-0.15, -0.1) is 24.0 Å². The van der Waals surface area contributed by atoms with E-state index >= 15 is 0 Å². The van der Waals surface area contributed by atoms with Crippen molar-refractivity contribution >= 4 is 47.0 Å². The van der Waals surface area contributed by atoms with Crippen LogP contribution in [0.25, 0.3) is 0 Å². The Morgan fingerprint density at radius 3 is 0.500 bits per heavy atom. The number of hydrogen-bond donors (Lipinski definition) is 8. The monoisotopic (exact) mass is 706 g/mol. The molecule has 8 atom stereocenters. The molecule has 9 fully saturated rings. The largest absolute Gasteiger partial charge is 2.00 e. The van der Waals surface area contributed by atoms with Crippen molar-refractivity contribution in [3.63, 3.8) is 0 Å². The third-order valence-corrected chi connectivity index (χ3v) is 13.8. The van der Waals surface area contributed by atoms with Gasteiger partial charge in [-0.05, 0) is 98.7 Å². The molecule has 8 bridgehead atoms. The number of hydrogen-bond acceptors (Lipinski definition) is 8. The van der Waals surface area contributed by atoms with Crippen LogP contribution in [0.5, 0.6) is 0 Å². The molecule has 5 heterocycles. The predicted octanol–water partition coefficient (Wildman–Crippen LogP) is 3.07. The van der Waals surface area contributed by atoms with Crippen LogP contribution in [-0.4, -0.2) is 72.4 Å². The normalized spacial score (nSPS) is 54.9. The molecule has 10 heteroatoms. The predicted molar refractivity (Wildman–Crippen MR) is 181 cm³/mol. The summed E-state index contributed by atoms with van der Waals surface area (Å²) in [6.45, 7) is 0. The summed E-state index contributed by atoms with van der Waals surface area (Å²) in [6.07, 6.45) is 25.6. The van der Waals surface area contributed by atoms with Crippen LogP contribution in [0.4, 0.5) is 0 Å². The summed E-state index contributed by atoms with van der Waals surface area (Å²) in [5.74, 6) is 5.97. The molecule has 9 aliphatic rings. The second kappa shape index (κ2) is 13.4. The van der Waals surface area contributed by atoms with Crippen molar-refractivity contribution in [3.8, 4) is 0 Å². The zero-order valence-corrected chi connectivity index (χ0v) is 29.4. The molecule has 236 valence electrons. The van der Waals surface area contributed by atoms with E-state index < -0.39 is 0 Å². The van der Waals surface area contributed by atoms with Crippen LogP contribution in [0, 0.1) is 47.3 Å². The van der Waals surface area contributed by atoms with Crippen LogP contribution in [0.2, 0.25) is 0 Å². The van der Waals surface area contributed by atoms with Gasteiger partial charge in [0.15, 0.2) is 0 Å². The van der Waals surface area contributed by atoms with Crippen molar-refractivity contribution in [1.82, 2.24) is 42.5 Å². The maximum atomic E-state index is 4.26. The maximum absolute atomic E-state index is 4.26. The van der Waals surface area contributed by atoms with Crippen molar-refractivity contribution in [3.05, 3.63) is 0 Å². The van der Waals surface area contributed by atoms with Gasteiger partial charge in [-0.25, -0.2) is 0 Å². The molecule has 4 saturated carbocycles. The quantitative estimate of drug-likeness (QED) is 0.144. The zero-order chi connectivity index (χ0) is 26.2. The third kappa shape index (κ3) is 5.58. The van der Waals surface area contributed by atoms with E-state index in [1.807, 2.05) is 0 Å². The summed E-state index contributed by atoms with van der Waals surface area (Å²) in [6, 6.07) is 0. The molecule has 8 nitrogen and oxygen atoms in total. The minimum Gasteiger partial charge on any atom is -1.00 e. The second-order valence-corrected chi connectivity index (χ2v) is 15.6. The fourth-order valence-electron chi connectivity index (χ4n) is 12.0.